The standard InChI is InChI=1S/C16H18N2O3/c1-10-6-13(14(7-10)16(20)21)15(19)18(2)12-5-3-4-11(8-12)9-17/h3-5,8,10,13-14H,6-7H2,1-2H3,(H,20,21). The van der Waals surface area contributed by atoms with Crippen LogP contribution in [0.2, 0.25) is 0 Å². The smallest absolute Gasteiger partial charge is 0.307 e. The quantitative estimate of drug-likeness (QED) is 0.924. The Bertz CT molecular complexity index is 606. The van der Waals surface area contributed by atoms with Gasteiger partial charge in [0, 0.05) is 12.7 Å². The number of carbonyl (C=O) groups is 2. The number of amides is 1. The molecule has 3 atom stereocenters. The average molecular weight is 286 g/mol. The molecule has 0 bridgehead atoms. The highest BCUT2D eigenvalue weighted by molar-refractivity contribution is 5.97. The van der Waals surface area contributed by atoms with Crippen LogP contribution in [0.3, 0.4) is 0 Å². The van der Waals surface area contributed by atoms with Crippen LogP contribution in [0, 0.1) is 29.1 Å². The van der Waals surface area contributed by atoms with Crippen molar-refractivity contribution in [1.82, 2.24) is 0 Å². The van der Waals surface area contributed by atoms with E-state index >= 15 is 0 Å². The van der Waals surface area contributed by atoms with Gasteiger partial charge in [0.25, 0.3) is 0 Å². The lowest BCUT2D eigenvalue weighted by Crippen LogP contribution is -2.36. The van der Waals surface area contributed by atoms with Crippen LogP contribution >= 0.6 is 0 Å². The van der Waals surface area contributed by atoms with Crippen LogP contribution in [0.1, 0.15) is 25.3 Å². The second-order valence-corrected chi connectivity index (χ2v) is 5.69. The SMILES string of the molecule is CC1CC(C(=O)O)C(C(=O)N(C)c2cccc(C#N)c2)C1. The van der Waals surface area contributed by atoms with Gasteiger partial charge in [-0.05, 0) is 37.0 Å². The van der Waals surface area contributed by atoms with Crippen molar-refractivity contribution in [3.8, 4) is 6.07 Å². The molecule has 0 saturated heterocycles. The Kier molecular flexibility index (Phi) is 4.27. The Balaban J connectivity index is 2.22. The van der Waals surface area contributed by atoms with Crippen molar-refractivity contribution in [1.29, 1.82) is 5.26 Å². The first-order valence-corrected chi connectivity index (χ1v) is 6.94. The number of benzene rings is 1. The summed E-state index contributed by atoms with van der Waals surface area (Å²) in [6.07, 6.45) is 1.13. The molecule has 0 radical (unpaired) electrons. The molecule has 3 unspecified atom stereocenters. The highest BCUT2D eigenvalue weighted by Gasteiger charge is 2.42. The normalized spacial score (nSPS) is 24.3. The molecule has 21 heavy (non-hydrogen) atoms. The number of aliphatic carboxylic acids is 1. The minimum absolute atomic E-state index is 0.193. The third kappa shape index (κ3) is 3.05. The maximum absolute atomic E-state index is 12.6. The summed E-state index contributed by atoms with van der Waals surface area (Å²) in [6, 6.07) is 8.78. The summed E-state index contributed by atoms with van der Waals surface area (Å²) in [5, 5.41) is 18.2. The maximum atomic E-state index is 12.6. The fraction of sp³-hybridized carbons (Fsp3) is 0.438. The number of nitrogens with zero attached hydrogens (tertiary/aromatic N) is 2. The largest absolute Gasteiger partial charge is 0.481 e. The summed E-state index contributed by atoms with van der Waals surface area (Å²) in [4.78, 5) is 25.4. The Morgan fingerprint density at radius 2 is 2.00 bits per heavy atom. The second kappa shape index (κ2) is 5.96. The Labute approximate surface area is 123 Å². The second-order valence-electron chi connectivity index (χ2n) is 5.69. The Morgan fingerprint density at radius 1 is 1.33 bits per heavy atom. The van der Waals surface area contributed by atoms with Crippen LogP contribution in [0.4, 0.5) is 5.69 Å². The Morgan fingerprint density at radius 3 is 2.62 bits per heavy atom. The first-order chi connectivity index (χ1) is 9.93. The number of rotatable bonds is 3. The zero-order valence-electron chi connectivity index (χ0n) is 12.1. The van der Waals surface area contributed by atoms with Gasteiger partial charge in [-0.25, -0.2) is 0 Å². The van der Waals surface area contributed by atoms with Gasteiger partial charge in [0.15, 0.2) is 0 Å². The molecule has 0 aliphatic heterocycles. The topological polar surface area (TPSA) is 81.4 Å². The van der Waals surface area contributed by atoms with E-state index in [1.807, 2.05) is 13.0 Å². The van der Waals surface area contributed by atoms with Gasteiger partial charge >= 0.3 is 5.97 Å². The molecular formula is C16H18N2O3. The van der Waals surface area contributed by atoms with Crippen molar-refractivity contribution in [3.63, 3.8) is 0 Å². The first kappa shape index (κ1) is 15.0. The van der Waals surface area contributed by atoms with Crippen molar-refractivity contribution in [2.75, 3.05) is 11.9 Å². The van der Waals surface area contributed by atoms with Gasteiger partial charge < -0.3 is 10.0 Å². The third-order valence-electron chi connectivity index (χ3n) is 4.13. The highest BCUT2D eigenvalue weighted by Crippen LogP contribution is 2.38. The summed E-state index contributed by atoms with van der Waals surface area (Å²) in [5.41, 5.74) is 1.09. The fourth-order valence-corrected chi connectivity index (χ4v) is 3.00. The molecule has 1 amide bonds. The summed E-state index contributed by atoms with van der Waals surface area (Å²) in [6.45, 7) is 1.97. The van der Waals surface area contributed by atoms with Crippen LogP contribution in [0.25, 0.3) is 0 Å². The minimum Gasteiger partial charge on any atom is -0.481 e. The molecule has 1 aromatic rings. The molecule has 1 aromatic carbocycles. The van der Waals surface area contributed by atoms with Crippen molar-refractivity contribution < 1.29 is 14.7 Å². The number of carbonyl (C=O) groups excluding carboxylic acids is 1. The molecule has 110 valence electrons. The van der Waals surface area contributed by atoms with E-state index in [1.165, 1.54) is 4.90 Å². The van der Waals surface area contributed by atoms with Crippen molar-refractivity contribution in [2.45, 2.75) is 19.8 Å². The zero-order valence-corrected chi connectivity index (χ0v) is 12.1. The van der Waals surface area contributed by atoms with Crippen molar-refractivity contribution >= 4 is 17.6 Å². The van der Waals surface area contributed by atoms with E-state index in [0.717, 1.165) is 0 Å². The summed E-state index contributed by atoms with van der Waals surface area (Å²) >= 11 is 0. The van der Waals surface area contributed by atoms with Gasteiger partial charge in [0.1, 0.15) is 0 Å². The van der Waals surface area contributed by atoms with E-state index in [4.69, 9.17) is 5.26 Å². The van der Waals surface area contributed by atoms with Crippen LogP contribution in [0.15, 0.2) is 24.3 Å². The molecular weight excluding hydrogens is 268 g/mol. The Hall–Kier alpha value is -2.35. The average Bonchev–Trinajstić information content (AvgIpc) is 2.88. The highest BCUT2D eigenvalue weighted by atomic mass is 16.4. The lowest BCUT2D eigenvalue weighted by Gasteiger charge is -2.23. The number of hydrogen-bond acceptors (Lipinski definition) is 3. The number of carboxylic acids is 1. The van der Waals surface area contributed by atoms with Crippen LogP contribution in [0.5, 0.6) is 0 Å². The molecule has 5 nitrogen and oxygen atoms in total. The van der Waals surface area contributed by atoms with Crippen LogP contribution in [-0.4, -0.2) is 24.0 Å². The lowest BCUT2D eigenvalue weighted by atomic mass is 9.94. The zero-order chi connectivity index (χ0) is 15.6. The minimum atomic E-state index is -0.906. The molecule has 0 heterocycles. The summed E-state index contributed by atoms with van der Waals surface area (Å²) in [7, 11) is 1.63. The van der Waals surface area contributed by atoms with E-state index in [2.05, 4.69) is 0 Å². The molecule has 1 fully saturated rings. The number of carboxylic acid groups (broad SMARTS) is 1. The van der Waals surface area contributed by atoms with E-state index in [9.17, 15) is 14.7 Å². The molecule has 1 aliphatic carbocycles. The van der Waals surface area contributed by atoms with Gasteiger partial charge in [0.05, 0.1) is 23.5 Å². The maximum Gasteiger partial charge on any atom is 0.307 e. The van der Waals surface area contributed by atoms with Gasteiger partial charge in [-0.15, -0.1) is 0 Å². The first-order valence-electron chi connectivity index (χ1n) is 6.94. The van der Waals surface area contributed by atoms with E-state index < -0.39 is 17.8 Å². The monoisotopic (exact) mass is 286 g/mol. The molecule has 5 heteroatoms. The fourth-order valence-electron chi connectivity index (χ4n) is 3.00. The van der Waals surface area contributed by atoms with Crippen LogP contribution in [-0.2, 0) is 9.59 Å². The third-order valence-corrected chi connectivity index (χ3v) is 4.13. The van der Waals surface area contributed by atoms with Crippen LogP contribution < -0.4 is 4.90 Å². The predicted molar refractivity (Wildman–Crippen MR) is 77.6 cm³/mol. The van der Waals surface area contributed by atoms with Gasteiger partial charge in [0.2, 0.25) is 5.91 Å². The molecule has 0 aromatic heterocycles. The van der Waals surface area contributed by atoms with Crippen molar-refractivity contribution in [3.05, 3.63) is 29.8 Å². The van der Waals surface area contributed by atoms with Gasteiger partial charge in [-0.1, -0.05) is 13.0 Å². The molecule has 1 saturated carbocycles. The number of nitriles is 1. The molecule has 1 aliphatic rings. The van der Waals surface area contributed by atoms with Gasteiger partial charge in [-0.3, -0.25) is 9.59 Å². The summed E-state index contributed by atoms with van der Waals surface area (Å²) < 4.78 is 0. The van der Waals surface area contributed by atoms with E-state index in [1.54, 1.807) is 31.3 Å². The summed E-state index contributed by atoms with van der Waals surface area (Å²) in [5.74, 6) is -1.97. The predicted octanol–water partition coefficient (Wildman–Crippen LogP) is 2.27. The van der Waals surface area contributed by atoms with E-state index in [0.29, 0.717) is 24.1 Å². The molecule has 2 rings (SSSR count). The molecule has 0 spiro atoms. The van der Waals surface area contributed by atoms with Crippen molar-refractivity contribution in [2.24, 2.45) is 17.8 Å². The number of anilines is 1. The number of hydrogen-bond donors (Lipinski definition) is 1. The molecule has 1 N–H and O–H groups in total. The van der Waals surface area contributed by atoms with Gasteiger partial charge in [-0.2, -0.15) is 5.26 Å². The van der Waals surface area contributed by atoms with E-state index in [-0.39, 0.29) is 11.8 Å². The lowest BCUT2D eigenvalue weighted by molar-refractivity contribution is -0.145.